The zero-order valence-electron chi connectivity index (χ0n) is 15.5. The highest BCUT2D eigenvalue weighted by atomic mass is 16.6. The van der Waals surface area contributed by atoms with Crippen molar-refractivity contribution in [2.24, 2.45) is 0 Å². The fraction of sp³-hybridized carbons (Fsp3) is 0.500. The van der Waals surface area contributed by atoms with Crippen molar-refractivity contribution in [3.63, 3.8) is 0 Å². The monoisotopic (exact) mass is 363 g/mol. The van der Waals surface area contributed by atoms with Crippen molar-refractivity contribution in [1.82, 2.24) is 15.5 Å². The van der Waals surface area contributed by atoms with Gasteiger partial charge in [0, 0.05) is 12.8 Å². The highest BCUT2D eigenvalue weighted by molar-refractivity contribution is 5.68. The Morgan fingerprint density at radius 1 is 1.27 bits per heavy atom. The van der Waals surface area contributed by atoms with Gasteiger partial charge in [0.25, 0.3) is 0 Å². The minimum Gasteiger partial charge on any atom is -0.497 e. The van der Waals surface area contributed by atoms with E-state index < -0.39 is 17.7 Å². The number of nitrogens with one attached hydrogen (secondary N) is 1. The highest BCUT2D eigenvalue weighted by Crippen LogP contribution is 2.21. The number of nitrogens with zero attached hydrogens (tertiary/aromatic N) is 2. The summed E-state index contributed by atoms with van der Waals surface area (Å²) in [5.74, 6) is 1.32. The molecule has 26 heavy (non-hydrogen) atoms. The van der Waals surface area contributed by atoms with Gasteiger partial charge in [-0.25, -0.2) is 4.79 Å². The zero-order chi connectivity index (χ0) is 19.2. The van der Waals surface area contributed by atoms with Crippen LogP contribution in [0, 0.1) is 0 Å². The van der Waals surface area contributed by atoms with Crippen molar-refractivity contribution in [2.75, 3.05) is 13.7 Å². The first-order chi connectivity index (χ1) is 12.3. The lowest BCUT2D eigenvalue weighted by atomic mass is 10.1. The Bertz CT molecular complexity index is 706. The highest BCUT2D eigenvalue weighted by Gasteiger charge is 2.25. The first-order valence-corrected chi connectivity index (χ1v) is 8.36. The molecule has 1 heterocycles. The van der Waals surface area contributed by atoms with E-state index in [9.17, 15) is 4.79 Å². The number of alkyl carbamates (subject to hydrolysis) is 1. The van der Waals surface area contributed by atoms with Crippen LogP contribution in [0.4, 0.5) is 4.79 Å². The van der Waals surface area contributed by atoms with E-state index in [0.29, 0.717) is 12.3 Å². The minimum absolute atomic E-state index is 0.0930. The van der Waals surface area contributed by atoms with E-state index in [-0.39, 0.29) is 18.9 Å². The number of benzene rings is 1. The van der Waals surface area contributed by atoms with Crippen molar-refractivity contribution in [2.45, 2.75) is 45.3 Å². The Morgan fingerprint density at radius 3 is 2.54 bits per heavy atom. The van der Waals surface area contributed by atoms with E-state index >= 15 is 0 Å². The topological polar surface area (TPSA) is 107 Å². The van der Waals surface area contributed by atoms with Crippen molar-refractivity contribution in [3.05, 3.63) is 41.6 Å². The molecule has 2 aromatic rings. The molecule has 1 aromatic heterocycles. The lowest BCUT2D eigenvalue weighted by Gasteiger charge is -2.22. The zero-order valence-corrected chi connectivity index (χ0v) is 15.5. The number of rotatable bonds is 7. The molecule has 0 aliphatic rings. The van der Waals surface area contributed by atoms with Crippen LogP contribution < -0.4 is 10.1 Å². The van der Waals surface area contributed by atoms with E-state index in [1.54, 1.807) is 27.9 Å². The fourth-order valence-corrected chi connectivity index (χ4v) is 2.25. The molecule has 0 aliphatic heterocycles. The van der Waals surface area contributed by atoms with Gasteiger partial charge in [0.1, 0.15) is 17.4 Å². The predicted molar refractivity (Wildman–Crippen MR) is 93.9 cm³/mol. The molecule has 1 aromatic carbocycles. The number of amides is 1. The maximum Gasteiger partial charge on any atom is 0.408 e. The second kappa shape index (κ2) is 8.66. The number of aliphatic hydroxyl groups excluding tert-OH is 1. The molecule has 1 unspecified atom stereocenters. The third-order valence-corrected chi connectivity index (χ3v) is 3.40. The largest absolute Gasteiger partial charge is 0.497 e. The van der Waals surface area contributed by atoms with Gasteiger partial charge < -0.3 is 24.3 Å². The Morgan fingerprint density at radius 2 is 1.96 bits per heavy atom. The molecule has 0 radical (unpaired) electrons. The van der Waals surface area contributed by atoms with Gasteiger partial charge in [0.2, 0.25) is 11.8 Å². The van der Waals surface area contributed by atoms with Crippen molar-refractivity contribution < 1.29 is 23.8 Å². The Kier molecular flexibility index (Phi) is 6.57. The third kappa shape index (κ3) is 6.03. The predicted octanol–water partition coefficient (Wildman–Crippen LogP) is 2.42. The number of hydrogen-bond donors (Lipinski definition) is 2. The molecular formula is C18H25N3O5. The standard InChI is InChI=1S/C18H25N3O5/c1-18(2,3)26-17(23)19-14(16-21-20-15(25-16)9-10-22)11-12-5-7-13(24-4)8-6-12/h5-8,14,22H,9-11H2,1-4H3,(H,19,23). The molecule has 8 heteroatoms. The molecule has 0 aliphatic carbocycles. The van der Waals surface area contributed by atoms with Crippen LogP contribution >= 0.6 is 0 Å². The summed E-state index contributed by atoms with van der Waals surface area (Å²) in [6.07, 6.45) is 0.122. The van der Waals surface area contributed by atoms with Crippen LogP contribution in [0.15, 0.2) is 28.7 Å². The number of aromatic nitrogens is 2. The summed E-state index contributed by atoms with van der Waals surface area (Å²) in [6.45, 7) is 5.27. The molecular weight excluding hydrogens is 338 g/mol. The van der Waals surface area contributed by atoms with E-state index in [1.807, 2.05) is 24.3 Å². The summed E-state index contributed by atoms with van der Waals surface area (Å²) < 4.78 is 16.0. The van der Waals surface area contributed by atoms with Crippen LogP contribution in [0.3, 0.4) is 0 Å². The molecule has 0 fully saturated rings. The summed E-state index contributed by atoms with van der Waals surface area (Å²) in [7, 11) is 1.60. The van der Waals surface area contributed by atoms with E-state index in [1.165, 1.54) is 0 Å². The molecule has 1 amide bonds. The number of carbonyl (C=O) groups excluding carboxylic acids is 1. The van der Waals surface area contributed by atoms with Gasteiger partial charge in [0.05, 0.1) is 13.7 Å². The van der Waals surface area contributed by atoms with Crippen LogP contribution in [-0.2, 0) is 17.6 Å². The van der Waals surface area contributed by atoms with Gasteiger partial charge in [-0.15, -0.1) is 10.2 Å². The van der Waals surface area contributed by atoms with E-state index in [4.69, 9.17) is 19.0 Å². The van der Waals surface area contributed by atoms with Crippen LogP contribution in [0.2, 0.25) is 0 Å². The second-order valence-electron chi connectivity index (χ2n) is 6.76. The Hall–Kier alpha value is -2.61. The van der Waals surface area contributed by atoms with Crippen LogP contribution in [-0.4, -0.2) is 40.7 Å². The van der Waals surface area contributed by atoms with Crippen molar-refractivity contribution in [1.29, 1.82) is 0 Å². The van der Waals surface area contributed by atoms with Crippen LogP contribution in [0.25, 0.3) is 0 Å². The summed E-state index contributed by atoms with van der Waals surface area (Å²) in [5, 5.41) is 19.6. The van der Waals surface area contributed by atoms with Crippen molar-refractivity contribution >= 4 is 6.09 Å². The summed E-state index contributed by atoms with van der Waals surface area (Å²) in [5.41, 5.74) is 0.333. The van der Waals surface area contributed by atoms with Gasteiger partial charge in [0.15, 0.2) is 0 Å². The fourth-order valence-electron chi connectivity index (χ4n) is 2.25. The third-order valence-electron chi connectivity index (χ3n) is 3.40. The van der Waals surface area contributed by atoms with Gasteiger partial charge >= 0.3 is 6.09 Å². The van der Waals surface area contributed by atoms with Crippen LogP contribution in [0.5, 0.6) is 5.75 Å². The molecule has 0 saturated carbocycles. The normalized spacial score (nSPS) is 12.5. The SMILES string of the molecule is COc1ccc(CC(NC(=O)OC(C)(C)C)c2nnc(CCO)o2)cc1. The molecule has 0 saturated heterocycles. The molecule has 0 bridgehead atoms. The number of hydrogen-bond acceptors (Lipinski definition) is 7. The lowest BCUT2D eigenvalue weighted by Crippen LogP contribution is -2.36. The summed E-state index contributed by atoms with van der Waals surface area (Å²) >= 11 is 0. The molecule has 0 spiro atoms. The quantitative estimate of drug-likeness (QED) is 0.778. The summed E-state index contributed by atoms with van der Waals surface area (Å²) in [6, 6.07) is 6.91. The molecule has 142 valence electrons. The van der Waals surface area contributed by atoms with Gasteiger partial charge in [-0.1, -0.05) is 12.1 Å². The van der Waals surface area contributed by atoms with Gasteiger partial charge in [-0.05, 0) is 38.5 Å². The first kappa shape index (κ1) is 19.7. The molecule has 1 atom stereocenters. The molecule has 2 N–H and O–H groups in total. The maximum absolute atomic E-state index is 12.2. The van der Waals surface area contributed by atoms with E-state index in [0.717, 1.165) is 11.3 Å². The number of methoxy groups -OCH3 is 1. The molecule has 8 nitrogen and oxygen atoms in total. The number of aliphatic hydroxyl groups is 1. The Balaban J connectivity index is 2.17. The number of carbonyl (C=O) groups is 1. The van der Waals surface area contributed by atoms with Gasteiger partial charge in [-0.3, -0.25) is 0 Å². The average molecular weight is 363 g/mol. The van der Waals surface area contributed by atoms with E-state index in [2.05, 4.69) is 15.5 Å². The second-order valence-corrected chi connectivity index (χ2v) is 6.76. The lowest BCUT2D eigenvalue weighted by molar-refractivity contribution is 0.0495. The minimum atomic E-state index is -0.619. The van der Waals surface area contributed by atoms with Gasteiger partial charge in [-0.2, -0.15) is 0 Å². The molecule has 2 rings (SSSR count). The Labute approximate surface area is 152 Å². The average Bonchev–Trinajstić information content (AvgIpc) is 3.02. The van der Waals surface area contributed by atoms with Crippen molar-refractivity contribution in [3.8, 4) is 5.75 Å². The maximum atomic E-state index is 12.2. The first-order valence-electron chi connectivity index (χ1n) is 8.36. The smallest absolute Gasteiger partial charge is 0.408 e. The van der Waals surface area contributed by atoms with Crippen LogP contribution in [0.1, 0.15) is 44.2 Å². The summed E-state index contributed by atoms with van der Waals surface area (Å²) in [4.78, 5) is 12.2. The number of ether oxygens (including phenoxy) is 2.